The summed E-state index contributed by atoms with van der Waals surface area (Å²) in [7, 11) is 0. The molecule has 6 nitrogen and oxygen atoms in total. The largest absolute Gasteiger partial charge is 0.388 e. The van der Waals surface area contributed by atoms with Crippen molar-refractivity contribution in [1.29, 1.82) is 0 Å². The summed E-state index contributed by atoms with van der Waals surface area (Å²) in [6.07, 6.45) is 6.22. The molecule has 0 saturated carbocycles. The van der Waals surface area contributed by atoms with Gasteiger partial charge in [0.05, 0.1) is 6.20 Å². The summed E-state index contributed by atoms with van der Waals surface area (Å²) < 4.78 is 1.65. The van der Waals surface area contributed by atoms with Crippen molar-refractivity contribution in [3.8, 4) is 5.69 Å². The molecule has 0 radical (unpaired) electrons. The van der Waals surface area contributed by atoms with Crippen LogP contribution in [0.1, 0.15) is 5.82 Å². The summed E-state index contributed by atoms with van der Waals surface area (Å²) in [4.78, 5) is 11.7. The summed E-state index contributed by atoms with van der Waals surface area (Å²) in [5, 5.41) is 8.99. The van der Waals surface area contributed by atoms with Gasteiger partial charge in [-0.15, -0.1) is 0 Å². The first-order chi connectivity index (χ1) is 6.83. The molecule has 0 aliphatic heterocycles. The fraction of sp³-hybridized carbons (Fsp3) is 0.125. The summed E-state index contributed by atoms with van der Waals surface area (Å²) in [5.41, 5.74) is 6.27. The van der Waals surface area contributed by atoms with Gasteiger partial charge in [-0.05, 0) is 0 Å². The maximum atomic E-state index is 8.99. The zero-order valence-electron chi connectivity index (χ0n) is 7.33. The minimum absolute atomic E-state index is 0.151. The molecule has 72 valence electrons. The number of imidazole rings is 1. The van der Waals surface area contributed by atoms with E-state index in [9.17, 15) is 0 Å². The van der Waals surface area contributed by atoms with Gasteiger partial charge >= 0.3 is 0 Å². The summed E-state index contributed by atoms with van der Waals surface area (Å²) in [6.45, 7) is -0.151. The Kier molecular flexibility index (Phi) is 2.11. The van der Waals surface area contributed by atoms with Gasteiger partial charge < -0.3 is 10.8 Å². The van der Waals surface area contributed by atoms with Crippen LogP contribution in [0, 0.1) is 0 Å². The molecule has 2 aromatic rings. The van der Waals surface area contributed by atoms with Crippen LogP contribution in [0.15, 0.2) is 24.9 Å². The first-order valence-corrected chi connectivity index (χ1v) is 4.02. The van der Waals surface area contributed by atoms with Crippen LogP contribution in [-0.2, 0) is 6.61 Å². The van der Waals surface area contributed by atoms with Crippen LogP contribution in [0.5, 0.6) is 0 Å². The Morgan fingerprint density at radius 3 is 3.00 bits per heavy atom. The zero-order chi connectivity index (χ0) is 9.97. The van der Waals surface area contributed by atoms with Crippen molar-refractivity contribution in [3.63, 3.8) is 0 Å². The van der Waals surface area contributed by atoms with Crippen molar-refractivity contribution in [2.75, 3.05) is 5.73 Å². The van der Waals surface area contributed by atoms with Crippen LogP contribution in [-0.4, -0.2) is 24.6 Å². The van der Waals surface area contributed by atoms with Crippen molar-refractivity contribution in [3.05, 3.63) is 30.7 Å². The van der Waals surface area contributed by atoms with Gasteiger partial charge in [0.25, 0.3) is 0 Å². The first kappa shape index (κ1) is 8.64. The van der Waals surface area contributed by atoms with Crippen LogP contribution in [0.3, 0.4) is 0 Å². The van der Waals surface area contributed by atoms with Crippen molar-refractivity contribution in [1.82, 2.24) is 19.5 Å². The highest BCUT2D eigenvalue weighted by atomic mass is 16.3. The van der Waals surface area contributed by atoms with Crippen LogP contribution in [0.25, 0.3) is 5.69 Å². The molecule has 2 rings (SSSR count). The summed E-state index contributed by atoms with van der Waals surface area (Å²) in [5.74, 6) is 0.860. The molecule has 0 spiro atoms. The smallest absolute Gasteiger partial charge is 0.151 e. The molecule has 0 aliphatic rings. The maximum absolute atomic E-state index is 8.99. The lowest BCUT2D eigenvalue weighted by atomic mass is 10.4. The Hall–Kier alpha value is -1.95. The van der Waals surface area contributed by atoms with E-state index in [-0.39, 0.29) is 6.61 Å². The quantitative estimate of drug-likeness (QED) is 0.682. The fourth-order valence-electron chi connectivity index (χ4n) is 1.19. The molecule has 0 bridgehead atoms. The number of nitrogen functional groups attached to an aromatic ring is 1. The Labute approximate surface area is 80.1 Å². The zero-order valence-corrected chi connectivity index (χ0v) is 7.33. The van der Waals surface area contributed by atoms with E-state index in [4.69, 9.17) is 10.8 Å². The molecule has 0 aliphatic carbocycles. The highest BCUT2D eigenvalue weighted by molar-refractivity contribution is 5.50. The van der Waals surface area contributed by atoms with E-state index in [0.29, 0.717) is 17.3 Å². The van der Waals surface area contributed by atoms with Gasteiger partial charge in [0.15, 0.2) is 5.82 Å². The minimum Gasteiger partial charge on any atom is -0.388 e. The van der Waals surface area contributed by atoms with E-state index in [0.717, 1.165) is 0 Å². The lowest BCUT2D eigenvalue weighted by molar-refractivity contribution is 0.269. The second-order valence-electron chi connectivity index (χ2n) is 2.66. The fourth-order valence-corrected chi connectivity index (χ4v) is 1.19. The van der Waals surface area contributed by atoms with Crippen molar-refractivity contribution < 1.29 is 5.11 Å². The van der Waals surface area contributed by atoms with E-state index in [1.165, 1.54) is 6.33 Å². The number of nitrogens with two attached hydrogens (primary N) is 1. The van der Waals surface area contributed by atoms with Gasteiger partial charge in [-0.25, -0.2) is 15.0 Å². The first-order valence-electron chi connectivity index (χ1n) is 4.02. The molecule has 3 N–H and O–H groups in total. The van der Waals surface area contributed by atoms with Crippen LogP contribution < -0.4 is 5.73 Å². The second-order valence-corrected chi connectivity index (χ2v) is 2.66. The summed E-state index contributed by atoms with van der Waals surface area (Å²) in [6, 6.07) is 0. The standard InChI is InChI=1S/C8H9N5O/c9-8-6(3-10-5-12-8)13-2-1-11-7(13)4-14/h1-3,5,14H,4H2,(H2,9,10,12). The molecule has 0 unspecified atom stereocenters. The van der Waals surface area contributed by atoms with Crippen LogP contribution >= 0.6 is 0 Å². The normalized spacial score (nSPS) is 10.4. The molecule has 0 aromatic carbocycles. The third-order valence-electron chi connectivity index (χ3n) is 1.84. The Bertz CT molecular complexity index is 439. The average Bonchev–Trinajstić information content (AvgIpc) is 2.66. The number of nitrogens with zero attached hydrogens (tertiary/aromatic N) is 4. The monoisotopic (exact) mass is 191 g/mol. The number of aromatic nitrogens is 4. The second kappa shape index (κ2) is 3.43. The number of rotatable bonds is 2. The van der Waals surface area contributed by atoms with E-state index in [1.807, 2.05) is 0 Å². The van der Waals surface area contributed by atoms with Crippen LogP contribution in [0.2, 0.25) is 0 Å². The van der Waals surface area contributed by atoms with Crippen molar-refractivity contribution in [2.24, 2.45) is 0 Å². The Morgan fingerprint density at radius 1 is 1.43 bits per heavy atom. The number of aliphatic hydroxyl groups excluding tert-OH is 1. The van der Waals surface area contributed by atoms with Gasteiger partial charge in [0.2, 0.25) is 0 Å². The van der Waals surface area contributed by atoms with E-state index < -0.39 is 0 Å². The van der Waals surface area contributed by atoms with E-state index >= 15 is 0 Å². The number of anilines is 1. The lowest BCUT2D eigenvalue weighted by Gasteiger charge is -2.06. The molecular formula is C8H9N5O. The molecular weight excluding hydrogens is 182 g/mol. The molecule has 2 aromatic heterocycles. The van der Waals surface area contributed by atoms with Crippen molar-refractivity contribution >= 4 is 5.82 Å². The molecule has 6 heteroatoms. The molecule has 0 saturated heterocycles. The molecule has 0 atom stereocenters. The average molecular weight is 191 g/mol. The highest BCUT2D eigenvalue weighted by Crippen LogP contribution is 2.14. The topological polar surface area (TPSA) is 89.9 Å². The van der Waals surface area contributed by atoms with E-state index in [2.05, 4.69) is 15.0 Å². The predicted molar refractivity (Wildman–Crippen MR) is 49.5 cm³/mol. The van der Waals surface area contributed by atoms with Gasteiger partial charge in [0.1, 0.15) is 24.4 Å². The van der Waals surface area contributed by atoms with Crippen LogP contribution in [0.4, 0.5) is 5.82 Å². The Morgan fingerprint density at radius 2 is 2.29 bits per heavy atom. The van der Waals surface area contributed by atoms with Gasteiger partial charge in [-0.1, -0.05) is 0 Å². The summed E-state index contributed by atoms with van der Waals surface area (Å²) >= 11 is 0. The van der Waals surface area contributed by atoms with Gasteiger partial charge in [-0.3, -0.25) is 4.57 Å². The third-order valence-corrected chi connectivity index (χ3v) is 1.84. The SMILES string of the molecule is Nc1ncncc1-n1ccnc1CO. The number of hydrogen-bond acceptors (Lipinski definition) is 5. The molecule has 2 heterocycles. The molecule has 14 heavy (non-hydrogen) atoms. The lowest BCUT2D eigenvalue weighted by Crippen LogP contribution is -2.05. The number of aliphatic hydroxyl groups is 1. The molecule has 0 fully saturated rings. The third kappa shape index (κ3) is 1.31. The highest BCUT2D eigenvalue weighted by Gasteiger charge is 2.06. The van der Waals surface area contributed by atoms with E-state index in [1.54, 1.807) is 23.2 Å². The Balaban J connectivity index is 2.54. The maximum Gasteiger partial charge on any atom is 0.151 e. The minimum atomic E-state index is -0.151. The van der Waals surface area contributed by atoms with Crippen molar-refractivity contribution in [2.45, 2.75) is 6.61 Å². The van der Waals surface area contributed by atoms with Gasteiger partial charge in [-0.2, -0.15) is 0 Å². The predicted octanol–water partition coefficient (Wildman–Crippen LogP) is -0.263. The molecule has 0 amide bonds. The number of hydrogen-bond donors (Lipinski definition) is 2. The van der Waals surface area contributed by atoms with Gasteiger partial charge in [0, 0.05) is 12.4 Å².